The van der Waals surface area contributed by atoms with Crippen molar-refractivity contribution in [3.05, 3.63) is 34.7 Å². The van der Waals surface area contributed by atoms with Crippen LogP contribution in [0.1, 0.15) is 18.4 Å². The molecule has 1 aromatic rings. The fourth-order valence-corrected chi connectivity index (χ4v) is 2.40. The topological polar surface area (TPSA) is 61.0 Å². The molecule has 0 unspecified atom stereocenters. The molecule has 0 bridgehead atoms. The predicted octanol–water partition coefficient (Wildman–Crippen LogP) is 1.23. The highest BCUT2D eigenvalue weighted by atomic mass is 35.5. The lowest BCUT2D eigenvalue weighted by atomic mass is 10.2. The van der Waals surface area contributed by atoms with E-state index in [-0.39, 0.29) is 0 Å². The van der Waals surface area contributed by atoms with Gasteiger partial charge in [0.15, 0.2) is 0 Å². The van der Waals surface area contributed by atoms with E-state index in [0.717, 1.165) is 64.2 Å². The standard InChI is InChI=1S/C16H26ClN5/c17-16-4-3-14(12-22-16)11-15-13-20-7-1-5-18-9-10-19-6-2-8-21-15/h3-4,11-12,18-21H,1-2,5-10,13H2. The normalized spacial score (nSPS) is 21.0. The maximum Gasteiger partial charge on any atom is 0.129 e. The van der Waals surface area contributed by atoms with Crippen molar-refractivity contribution in [3.8, 4) is 0 Å². The van der Waals surface area contributed by atoms with Gasteiger partial charge >= 0.3 is 0 Å². The van der Waals surface area contributed by atoms with Crippen LogP contribution in [0, 0.1) is 0 Å². The molecule has 1 fully saturated rings. The van der Waals surface area contributed by atoms with Gasteiger partial charge in [0.05, 0.1) is 0 Å². The van der Waals surface area contributed by atoms with E-state index in [9.17, 15) is 0 Å². The van der Waals surface area contributed by atoms with Crippen LogP contribution in [0.25, 0.3) is 6.08 Å². The zero-order chi connectivity index (χ0) is 15.5. The van der Waals surface area contributed by atoms with E-state index < -0.39 is 0 Å². The number of hydrogen-bond acceptors (Lipinski definition) is 5. The molecule has 2 rings (SSSR count). The van der Waals surface area contributed by atoms with Gasteiger partial charge in [0.25, 0.3) is 0 Å². The molecule has 1 aliphatic heterocycles. The Bertz CT molecular complexity index is 430. The molecule has 122 valence electrons. The van der Waals surface area contributed by atoms with Crippen molar-refractivity contribution in [1.29, 1.82) is 0 Å². The third-order valence-electron chi connectivity index (χ3n) is 3.47. The molecule has 4 N–H and O–H groups in total. The van der Waals surface area contributed by atoms with E-state index >= 15 is 0 Å². The predicted molar refractivity (Wildman–Crippen MR) is 93.1 cm³/mol. The Labute approximate surface area is 137 Å². The zero-order valence-corrected chi connectivity index (χ0v) is 13.8. The number of pyridine rings is 1. The van der Waals surface area contributed by atoms with E-state index in [1.54, 1.807) is 6.20 Å². The van der Waals surface area contributed by atoms with E-state index in [1.165, 1.54) is 5.70 Å². The van der Waals surface area contributed by atoms with Crippen LogP contribution < -0.4 is 21.3 Å². The summed E-state index contributed by atoms with van der Waals surface area (Å²) in [6, 6.07) is 3.81. The van der Waals surface area contributed by atoms with Crippen LogP contribution in [-0.4, -0.2) is 50.8 Å². The molecule has 5 nitrogen and oxygen atoms in total. The van der Waals surface area contributed by atoms with E-state index in [0.29, 0.717) is 5.15 Å². The van der Waals surface area contributed by atoms with Crippen molar-refractivity contribution < 1.29 is 0 Å². The van der Waals surface area contributed by atoms with Crippen LogP contribution in [0.4, 0.5) is 0 Å². The zero-order valence-electron chi connectivity index (χ0n) is 13.0. The number of hydrogen-bond donors (Lipinski definition) is 4. The number of nitrogens with zero attached hydrogens (tertiary/aromatic N) is 1. The Morgan fingerprint density at radius 1 is 0.909 bits per heavy atom. The first-order chi connectivity index (χ1) is 10.8. The summed E-state index contributed by atoms with van der Waals surface area (Å²) in [5, 5.41) is 14.4. The number of nitrogens with one attached hydrogen (secondary N) is 4. The van der Waals surface area contributed by atoms with Crippen molar-refractivity contribution in [3.63, 3.8) is 0 Å². The lowest BCUT2D eigenvalue weighted by molar-refractivity contribution is 0.553. The Kier molecular flexibility index (Phi) is 8.27. The fraction of sp³-hybridized carbons (Fsp3) is 0.562. The molecule has 1 aliphatic rings. The van der Waals surface area contributed by atoms with Gasteiger partial charge in [-0.05, 0) is 50.2 Å². The Morgan fingerprint density at radius 2 is 1.64 bits per heavy atom. The van der Waals surface area contributed by atoms with Gasteiger partial charge in [0.1, 0.15) is 5.15 Å². The summed E-state index contributed by atoms with van der Waals surface area (Å²) in [6.07, 6.45) is 6.17. The van der Waals surface area contributed by atoms with Gasteiger partial charge in [-0.3, -0.25) is 0 Å². The number of rotatable bonds is 1. The second-order valence-corrected chi connectivity index (χ2v) is 5.78. The molecule has 1 aromatic heterocycles. The molecule has 0 aliphatic carbocycles. The SMILES string of the molecule is Clc1ccc(C=C2CNCCCNCCNCCCN2)cn1. The summed E-state index contributed by atoms with van der Waals surface area (Å²) in [7, 11) is 0. The van der Waals surface area contributed by atoms with Crippen molar-refractivity contribution in [2.45, 2.75) is 12.8 Å². The maximum absolute atomic E-state index is 5.83. The summed E-state index contributed by atoms with van der Waals surface area (Å²) in [6.45, 7) is 7.00. The lowest BCUT2D eigenvalue weighted by Gasteiger charge is -2.14. The molecule has 0 atom stereocenters. The molecule has 1 saturated heterocycles. The summed E-state index contributed by atoms with van der Waals surface area (Å²) in [5.74, 6) is 0. The third kappa shape index (κ3) is 7.22. The lowest BCUT2D eigenvalue weighted by Crippen LogP contribution is -2.33. The van der Waals surface area contributed by atoms with Gasteiger partial charge in [-0.15, -0.1) is 0 Å². The molecule has 0 spiro atoms. The number of halogens is 1. The first-order valence-corrected chi connectivity index (χ1v) is 8.40. The smallest absolute Gasteiger partial charge is 0.129 e. The molecule has 0 radical (unpaired) electrons. The van der Waals surface area contributed by atoms with Crippen LogP contribution >= 0.6 is 11.6 Å². The Morgan fingerprint density at radius 3 is 2.36 bits per heavy atom. The highest BCUT2D eigenvalue weighted by molar-refractivity contribution is 6.29. The van der Waals surface area contributed by atoms with E-state index in [1.807, 2.05) is 12.1 Å². The van der Waals surface area contributed by atoms with E-state index in [2.05, 4.69) is 32.3 Å². The quantitative estimate of drug-likeness (QED) is 0.586. The molecule has 2 heterocycles. The minimum absolute atomic E-state index is 0.526. The third-order valence-corrected chi connectivity index (χ3v) is 3.70. The molecule has 0 aromatic carbocycles. The average molecular weight is 324 g/mol. The minimum Gasteiger partial charge on any atom is -0.387 e. The van der Waals surface area contributed by atoms with Crippen LogP contribution in [0.15, 0.2) is 24.0 Å². The molecule has 22 heavy (non-hydrogen) atoms. The fourth-order valence-electron chi connectivity index (χ4n) is 2.29. The summed E-state index contributed by atoms with van der Waals surface area (Å²) < 4.78 is 0. The molecular weight excluding hydrogens is 298 g/mol. The monoisotopic (exact) mass is 323 g/mol. The van der Waals surface area contributed by atoms with Gasteiger partial charge in [0.2, 0.25) is 0 Å². The largest absolute Gasteiger partial charge is 0.387 e. The van der Waals surface area contributed by atoms with Crippen LogP contribution in [0.5, 0.6) is 0 Å². The van der Waals surface area contributed by atoms with Crippen LogP contribution in [-0.2, 0) is 0 Å². The second kappa shape index (κ2) is 10.6. The van der Waals surface area contributed by atoms with Crippen molar-refractivity contribution >= 4 is 17.7 Å². The first kappa shape index (κ1) is 17.2. The van der Waals surface area contributed by atoms with Gasteiger partial charge in [-0.25, -0.2) is 4.98 Å². The molecule has 0 saturated carbocycles. The average Bonchev–Trinajstić information content (AvgIpc) is 2.53. The minimum atomic E-state index is 0.526. The molecule has 0 amide bonds. The molecular formula is C16H26ClN5. The second-order valence-electron chi connectivity index (χ2n) is 5.39. The Hall–Kier alpha value is -1.14. The van der Waals surface area contributed by atoms with E-state index in [4.69, 9.17) is 11.6 Å². The van der Waals surface area contributed by atoms with Gasteiger partial charge in [0, 0.05) is 38.1 Å². The summed E-state index contributed by atoms with van der Waals surface area (Å²) in [4.78, 5) is 4.12. The van der Waals surface area contributed by atoms with Gasteiger partial charge in [-0.1, -0.05) is 17.7 Å². The van der Waals surface area contributed by atoms with Crippen LogP contribution in [0.3, 0.4) is 0 Å². The van der Waals surface area contributed by atoms with Crippen molar-refractivity contribution in [1.82, 2.24) is 26.3 Å². The number of aromatic nitrogens is 1. The van der Waals surface area contributed by atoms with Gasteiger partial charge < -0.3 is 21.3 Å². The highest BCUT2D eigenvalue weighted by Gasteiger charge is 2.00. The van der Waals surface area contributed by atoms with Crippen LogP contribution in [0.2, 0.25) is 5.15 Å². The maximum atomic E-state index is 5.83. The van der Waals surface area contributed by atoms with Crippen molar-refractivity contribution in [2.75, 3.05) is 45.8 Å². The summed E-state index contributed by atoms with van der Waals surface area (Å²) in [5.41, 5.74) is 2.25. The molecule has 6 heteroatoms. The van der Waals surface area contributed by atoms with Crippen molar-refractivity contribution in [2.24, 2.45) is 0 Å². The van der Waals surface area contributed by atoms with Gasteiger partial charge in [-0.2, -0.15) is 0 Å². The first-order valence-electron chi connectivity index (χ1n) is 8.03. The summed E-state index contributed by atoms with van der Waals surface area (Å²) >= 11 is 5.83. The Balaban J connectivity index is 1.91. The highest BCUT2D eigenvalue weighted by Crippen LogP contribution is 2.08.